The number of nitrogens with two attached hydrogens (primary N) is 1. The number of hydrogen-bond acceptors (Lipinski definition) is 5. The summed E-state index contributed by atoms with van der Waals surface area (Å²) in [6.07, 6.45) is -11.8. The second-order valence-corrected chi connectivity index (χ2v) is 8.01. The zero-order valence-electron chi connectivity index (χ0n) is 17.6. The fraction of sp³-hybridized carbons (Fsp3) is 0.450. The number of aryl methyl sites for hydroxylation is 1. The van der Waals surface area contributed by atoms with Crippen LogP contribution in [0.5, 0.6) is 0 Å². The second kappa shape index (κ2) is 9.34. The van der Waals surface area contributed by atoms with E-state index in [1.165, 1.54) is 20.8 Å². The van der Waals surface area contributed by atoms with Crippen molar-refractivity contribution in [2.24, 2.45) is 5.73 Å². The number of aromatic nitrogens is 2. The SMILES string of the molecule is Cc1nc(Cl)c(CCO)c(C(c2ccc(C(F)(F)F)cc2C(F)(F)F)C(C)(C)OC(N)=O)n1. The highest BCUT2D eigenvalue weighted by molar-refractivity contribution is 6.30. The number of amides is 1. The zero-order valence-corrected chi connectivity index (χ0v) is 18.4. The predicted octanol–water partition coefficient (Wildman–Crippen LogP) is 5.02. The summed E-state index contributed by atoms with van der Waals surface area (Å²) in [5.41, 5.74) is -0.618. The molecule has 1 atom stereocenters. The van der Waals surface area contributed by atoms with Crippen LogP contribution in [0.1, 0.15) is 53.5 Å². The van der Waals surface area contributed by atoms with Gasteiger partial charge >= 0.3 is 18.4 Å². The average molecular weight is 500 g/mol. The smallest absolute Gasteiger partial charge is 0.416 e. The summed E-state index contributed by atoms with van der Waals surface area (Å²) in [5, 5.41) is 9.25. The molecule has 6 nitrogen and oxygen atoms in total. The molecule has 0 radical (unpaired) electrons. The molecule has 33 heavy (non-hydrogen) atoms. The molecule has 1 aromatic heterocycles. The van der Waals surface area contributed by atoms with Gasteiger partial charge < -0.3 is 15.6 Å². The number of benzene rings is 1. The molecule has 1 amide bonds. The molecule has 1 unspecified atom stereocenters. The number of ether oxygens (including phenoxy) is 1. The largest absolute Gasteiger partial charge is 0.443 e. The number of aliphatic hydroxyl groups excluding tert-OH is 1. The Bertz CT molecular complexity index is 1040. The molecule has 0 aliphatic rings. The van der Waals surface area contributed by atoms with Gasteiger partial charge in [-0.1, -0.05) is 17.7 Å². The monoisotopic (exact) mass is 499 g/mol. The lowest BCUT2D eigenvalue weighted by molar-refractivity contribution is -0.143. The van der Waals surface area contributed by atoms with E-state index in [4.69, 9.17) is 22.1 Å². The van der Waals surface area contributed by atoms with Crippen molar-refractivity contribution in [3.05, 3.63) is 57.1 Å². The molecule has 0 aliphatic carbocycles. The quantitative estimate of drug-likeness (QED) is 0.430. The molecule has 0 fully saturated rings. The summed E-state index contributed by atoms with van der Waals surface area (Å²) >= 11 is 6.15. The molecule has 0 saturated carbocycles. The van der Waals surface area contributed by atoms with Gasteiger partial charge in [-0.2, -0.15) is 26.3 Å². The Morgan fingerprint density at radius 3 is 2.24 bits per heavy atom. The van der Waals surface area contributed by atoms with E-state index in [2.05, 4.69) is 9.97 Å². The summed E-state index contributed by atoms with van der Waals surface area (Å²) in [6.45, 7) is 3.37. The number of carbonyl (C=O) groups is 1. The molecular formula is C20H20ClF6N3O3. The number of aliphatic hydroxyl groups is 1. The van der Waals surface area contributed by atoms with Crippen LogP contribution in [0.3, 0.4) is 0 Å². The van der Waals surface area contributed by atoms with Gasteiger partial charge in [-0.25, -0.2) is 14.8 Å². The molecule has 3 N–H and O–H groups in total. The Morgan fingerprint density at radius 1 is 1.15 bits per heavy atom. The maximum atomic E-state index is 14.0. The van der Waals surface area contributed by atoms with Crippen LogP contribution >= 0.6 is 11.6 Å². The van der Waals surface area contributed by atoms with E-state index in [-0.39, 0.29) is 34.7 Å². The third-order valence-electron chi connectivity index (χ3n) is 4.79. The maximum Gasteiger partial charge on any atom is 0.416 e. The van der Waals surface area contributed by atoms with Gasteiger partial charge in [0, 0.05) is 18.6 Å². The number of rotatable bonds is 6. The highest BCUT2D eigenvalue weighted by atomic mass is 35.5. The summed E-state index contributed by atoms with van der Waals surface area (Å²) in [4.78, 5) is 19.6. The minimum Gasteiger partial charge on any atom is -0.443 e. The fourth-order valence-electron chi connectivity index (χ4n) is 3.56. The molecular weight excluding hydrogens is 480 g/mol. The van der Waals surface area contributed by atoms with Crippen LogP contribution in [0.15, 0.2) is 18.2 Å². The van der Waals surface area contributed by atoms with Crippen LogP contribution in [-0.2, 0) is 23.5 Å². The zero-order chi connectivity index (χ0) is 25.4. The molecule has 0 saturated heterocycles. The van der Waals surface area contributed by atoms with Crippen LogP contribution in [0.25, 0.3) is 0 Å². The lowest BCUT2D eigenvalue weighted by Crippen LogP contribution is -2.39. The van der Waals surface area contributed by atoms with Crippen molar-refractivity contribution in [1.82, 2.24) is 9.97 Å². The van der Waals surface area contributed by atoms with Crippen LogP contribution in [0.2, 0.25) is 5.15 Å². The lowest BCUT2D eigenvalue weighted by Gasteiger charge is -2.36. The van der Waals surface area contributed by atoms with Crippen molar-refractivity contribution in [2.75, 3.05) is 6.61 Å². The van der Waals surface area contributed by atoms with Crippen LogP contribution < -0.4 is 5.73 Å². The first kappa shape index (κ1) is 26.7. The maximum absolute atomic E-state index is 14.0. The summed E-state index contributed by atoms with van der Waals surface area (Å²) in [7, 11) is 0. The fourth-order valence-corrected chi connectivity index (χ4v) is 3.88. The number of nitrogens with zero attached hydrogens (tertiary/aromatic N) is 2. The number of carbonyl (C=O) groups excluding carboxylic acids is 1. The van der Waals surface area contributed by atoms with Crippen LogP contribution in [0.4, 0.5) is 31.1 Å². The van der Waals surface area contributed by atoms with Crippen LogP contribution in [-0.4, -0.2) is 33.4 Å². The van der Waals surface area contributed by atoms with E-state index in [9.17, 15) is 36.2 Å². The van der Waals surface area contributed by atoms with Gasteiger partial charge in [0.15, 0.2) is 0 Å². The van der Waals surface area contributed by atoms with Crippen molar-refractivity contribution in [3.63, 3.8) is 0 Å². The van der Waals surface area contributed by atoms with Crippen molar-refractivity contribution >= 4 is 17.7 Å². The average Bonchev–Trinajstić information content (AvgIpc) is 2.61. The van der Waals surface area contributed by atoms with Gasteiger partial charge in [0.2, 0.25) is 0 Å². The van der Waals surface area contributed by atoms with Gasteiger partial charge in [-0.3, -0.25) is 0 Å². The van der Waals surface area contributed by atoms with E-state index < -0.39 is 53.3 Å². The summed E-state index contributed by atoms with van der Waals surface area (Å²) < 4.78 is 86.4. The molecule has 13 heteroatoms. The highest BCUT2D eigenvalue weighted by Gasteiger charge is 2.45. The third kappa shape index (κ3) is 6.05. The Kier molecular flexibility index (Phi) is 7.54. The van der Waals surface area contributed by atoms with E-state index >= 15 is 0 Å². The van der Waals surface area contributed by atoms with Gasteiger partial charge in [0.05, 0.1) is 22.7 Å². The Balaban J connectivity index is 2.97. The topological polar surface area (TPSA) is 98.3 Å². The number of alkyl halides is 6. The molecule has 2 rings (SSSR count). The van der Waals surface area contributed by atoms with Crippen molar-refractivity contribution in [1.29, 1.82) is 0 Å². The minimum absolute atomic E-state index is 0.0238. The van der Waals surface area contributed by atoms with Crippen molar-refractivity contribution < 1.29 is 41.0 Å². The van der Waals surface area contributed by atoms with Gasteiger partial charge in [0.25, 0.3) is 0 Å². The summed E-state index contributed by atoms with van der Waals surface area (Å²) in [6, 6.07) is 1.11. The number of hydrogen-bond donors (Lipinski definition) is 2. The van der Waals surface area contributed by atoms with E-state index in [1.54, 1.807) is 0 Å². The molecule has 1 aromatic carbocycles. The normalized spacial score (nSPS) is 13.7. The first-order chi connectivity index (χ1) is 15.0. The molecule has 0 bridgehead atoms. The Labute approximate surface area is 189 Å². The number of halogens is 7. The van der Waals surface area contributed by atoms with Gasteiger partial charge in [-0.15, -0.1) is 0 Å². The van der Waals surface area contributed by atoms with E-state index in [0.29, 0.717) is 12.1 Å². The molecule has 0 spiro atoms. The molecule has 1 heterocycles. The van der Waals surface area contributed by atoms with Crippen molar-refractivity contribution in [3.8, 4) is 0 Å². The first-order valence-electron chi connectivity index (χ1n) is 9.39. The van der Waals surface area contributed by atoms with Crippen LogP contribution in [0, 0.1) is 6.92 Å². The third-order valence-corrected chi connectivity index (χ3v) is 5.10. The number of primary amides is 1. The van der Waals surface area contributed by atoms with E-state index in [0.717, 1.165) is 0 Å². The van der Waals surface area contributed by atoms with Gasteiger partial charge in [-0.05, 0) is 38.5 Å². The molecule has 0 aliphatic heterocycles. The molecule has 182 valence electrons. The van der Waals surface area contributed by atoms with Crippen molar-refractivity contribution in [2.45, 2.75) is 51.1 Å². The van der Waals surface area contributed by atoms with Gasteiger partial charge in [0.1, 0.15) is 16.6 Å². The Morgan fingerprint density at radius 2 is 1.76 bits per heavy atom. The highest BCUT2D eigenvalue weighted by Crippen LogP contribution is 2.46. The minimum atomic E-state index is -5.21. The lowest BCUT2D eigenvalue weighted by atomic mass is 9.77. The Hall–Kier alpha value is -2.60. The van der Waals surface area contributed by atoms with E-state index in [1.807, 2.05) is 0 Å². The summed E-state index contributed by atoms with van der Waals surface area (Å²) in [5.74, 6) is -1.54. The first-order valence-corrected chi connectivity index (χ1v) is 9.77. The predicted molar refractivity (Wildman–Crippen MR) is 106 cm³/mol. The second-order valence-electron chi connectivity index (χ2n) is 7.65. The molecule has 2 aromatic rings. The standard InChI is InChI=1S/C20H20ClF6N3O3/c1-9-29-15(12(6-7-31)16(21)30-9)14(18(2,3)33-17(28)32)11-5-4-10(19(22,23)24)8-13(11)20(25,26)27/h4-5,8,14,31H,6-7H2,1-3H3,(H2,28,32).